The summed E-state index contributed by atoms with van der Waals surface area (Å²) in [6, 6.07) is -2.15. The molecule has 0 saturated heterocycles. The van der Waals surface area contributed by atoms with Gasteiger partial charge in [-0.1, -0.05) is 0 Å². The van der Waals surface area contributed by atoms with Crippen LogP contribution in [0, 0.1) is 0 Å². The second-order valence-corrected chi connectivity index (χ2v) is 15.4. The lowest BCUT2D eigenvalue weighted by Gasteiger charge is -2.21. The van der Waals surface area contributed by atoms with Gasteiger partial charge in [0.2, 0.25) is 0 Å². The molecule has 0 spiro atoms. The lowest BCUT2D eigenvalue weighted by molar-refractivity contribution is -0.143. The van der Waals surface area contributed by atoms with Gasteiger partial charge in [0.05, 0.1) is 59.1 Å². The van der Waals surface area contributed by atoms with Gasteiger partial charge >= 0.3 is 17.9 Å². The molecule has 0 aliphatic heterocycles. The highest BCUT2D eigenvalue weighted by Gasteiger charge is 2.24. The first-order valence-electron chi connectivity index (χ1n) is 10.1. The van der Waals surface area contributed by atoms with E-state index in [4.69, 9.17) is 56.9 Å². The Morgan fingerprint density at radius 2 is 1.13 bits per heavy atom. The monoisotopic (exact) mass is 509 g/mol. The summed E-state index contributed by atoms with van der Waals surface area (Å²) in [6.07, 6.45) is 0.529. The minimum atomic E-state index is -2.61. The molecule has 0 aromatic heterocycles. The van der Waals surface area contributed by atoms with Crippen LogP contribution in [0.5, 0.6) is 0 Å². The summed E-state index contributed by atoms with van der Waals surface area (Å²) in [6.45, 7) is 8.43. The zero-order valence-corrected chi connectivity index (χ0v) is 21.1. The average molecular weight is 511 g/mol. The molecule has 178 valence electrons. The molecule has 12 heteroatoms. The maximum absolute atomic E-state index is 11.6. The van der Waals surface area contributed by atoms with Crippen LogP contribution in [0.3, 0.4) is 0 Å². The summed E-state index contributed by atoms with van der Waals surface area (Å²) in [4.78, 5) is 25.1. The van der Waals surface area contributed by atoms with Crippen molar-refractivity contribution in [3.05, 3.63) is 0 Å². The van der Waals surface area contributed by atoms with Crippen LogP contribution in [0.1, 0.15) is 26.7 Å². The van der Waals surface area contributed by atoms with Crippen molar-refractivity contribution in [1.82, 2.24) is 4.90 Å². The molecule has 0 fully saturated rings. The Labute approximate surface area is 194 Å². The summed E-state index contributed by atoms with van der Waals surface area (Å²) < 4.78 is 26.2. The van der Waals surface area contributed by atoms with Gasteiger partial charge in [-0.05, 0) is 13.8 Å². The minimum Gasteiger partial charge on any atom is -0.466 e. The molecule has 0 aromatic rings. The number of carbonyl (C=O) groups is 2. The summed E-state index contributed by atoms with van der Waals surface area (Å²) in [5.74, 6) is -0.516. The Hall–Kier alpha value is -0.133. The van der Waals surface area contributed by atoms with E-state index < -0.39 is 6.00 Å². The maximum Gasteiger partial charge on any atom is 0.343 e. The maximum atomic E-state index is 11.6. The molecule has 0 rings (SSSR count). The molecule has 0 radical (unpaired) electrons. The Bertz CT molecular complexity index is 434. The predicted octanol–water partition coefficient (Wildman–Crippen LogP) is 2.90. The Balaban J connectivity index is 3.86. The molecule has 0 heterocycles. The second kappa shape index (κ2) is 19.5. The molecule has 8 nitrogen and oxygen atoms in total. The number of ether oxygens (including phenoxy) is 5. The van der Waals surface area contributed by atoms with Crippen molar-refractivity contribution in [2.75, 3.05) is 72.5 Å². The van der Waals surface area contributed by atoms with E-state index in [-0.39, 0.29) is 24.8 Å². The van der Waals surface area contributed by atoms with Gasteiger partial charge in [-0.25, -0.2) is 0 Å². The van der Waals surface area contributed by atoms with Crippen molar-refractivity contribution in [3.63, 3.8) is 0 Å². The molecular weight excluding hydrogens is 477 g/mol. The Morgan fingerprint density at radius 1 is 0.700 bits per heavy atom. The number of hydrogen-bond donors (Lipinski definition) is 0. The van der Waals surface area contributed by atoms with Gasteiger partial charge in [0.1, 0.15) is 0 Å². The molecule has 0 aliphatic carbocycles. The summed E-state index contributed by atoms with van der Waals surface area (Å²) in [5.41, 5.74) is 0. The van der Waals surface area contributed by atoms with E-state index in [9.17, 15) is 9.59 Å². The fourth-order valence-corrected chi connectivity index (χ4v) is 3.29. The van der Waals surface area contributed by atoms with Crippen LogP contribution in [0.15, 0.2) is 0 Å². The molecule has 0 aliphatic rings. The van der Waals surface area contributed by atoms with E-state index in [1.807, 2.05) is 4.90 Å². The number of carbonyl (C=O) groups excluding carboxylic acids is 2. The average Bonchev–Trinajstić information content (AvgIpc) is 2.67. The third kappa shape index (κ3) is 21.1. The molecule has 0 atom stereocenters. The first-order valence-corrected chi connectivity index (χ1v) is 15.4. The van der Waals surface area contributed by atoms with Gasteiger partial charge in [-0.15, -0.1) is 33.2 Å². The van der Waals surface area contributed by atoms with E-state index in [0.717, 1.165) is 0 Å². The molecule has 0 amide bonds. The zero-order valence-electron chi connectivity index (χ0n) is 17.8. The highest BCUT2D eigenvalue weighted by molar-refractivity contribution is 7.64. The van der Waals surface area contributed by atoms with E-state index in [2.05, 4.69) is 0 Å². The normalized spacial score (nSPS) is 11.7. The first kappa shape index (κ1) is 29.9. The van der Waals surface area contributed by atoms with Crippen LogP contribution in [-0.4, -0.2) is 95.3 Å². The van der Waals surface area contributed by atoms with E-state index in [0.29, 0.717) is 78.5 Å². The highest BCUT2D eigenvalue weighted by atomic mass is 35.8. The molecule has 30 heavy (non-hydrogen) atoms. The van der Waals surface area contributed by atoms with Crippen molar-refractivity contribution in [2.45, 2.75) is 32.7 Å². The molecule has 0 unspecified atom stereocenters. The number of hydrogen-bond acceptors (Lipinski definition) is 8. The Morgan fingerprint density at radius 3 is 1.57 bits per heavy atom. The van der Waals surface area contributed by atoms with Crippen LogP contribution < -0.4 is 0 Å². The standard InChI is InChI=1S/C18H34Cl3NO7Si/c1-3-28-17(23)5-7-22(8-6-18(24)29-4-2)9-10-25-11-12-26-13-14-27-15-16-30(19,20)21/h3-16H2,1-2H3. The Kier molecular flexibility index (Phi) is 19.5. The number of esters is 2. The predicted molar refractivity (Wildman–Crippen MR) is 120 cm³/mol. The van der Waals surface area contributed by atoms with E-state index >= 15 is 0 Å². The summed E-state index contributed by atoms with van der Waals surface area (Å²) >= 11 is 17.3. The largest absolute Gasteiger partial charge is 0.466 e. The second-order valence-electron chi connectivity index (χ2n) is 6.15. The highest BCUT2D eigenvalue weighted by Crippen LogP contribution is 2.24. The van der Waals surface area contributed by atoms with Crippen molar-refractivity contribution in [1.29, 1.82) is 0 Å². The smallest absolute Gasteiger partial charge is 0.343 e. The molecule has 0 N–H and O–H groups in total. The fourth-order valence-electron chi connectivity index (χ4n) is 2.22. The zero-order chi connectivity index (χ0) is 22.7. The van der Waals surface area contributed by atoms with Gasteiger partial charge in [-0.3, -0.25) is 14.5 Å². The SMILES string of the molecule is CCOC(=O)CCN(CCOCCOCCOCC[Si](Cl)(Cl)Cl)CCC(=O)OCC. The third-order valence-corrected chi connectivity index (χ3v) is 6.17. The molecule has 0 bridgehead atoms. The van der Waals surface area contributed by atoms with Gasteiger partial charge in [0.15, 0.2) is 0 Å². The van der Waals surface area contributed by atoms with Crippen LogP contribution in [0.2, 0.25) is 6.04 Å². The molecule has 0 aromatic carbocycles. The van der Waals surface area contributed by atoms with Gasteiger partial charge < -0.3 is 23.7 Å². The first-order chi connectivity index (χ1) is 14.3. The van der Waals surface area contributed by atoms with Crippen LogP contribution in [0.25, 0.3) is 0 Å². The van der Waals surface area contributed by atoms with Gasteiger partial charge in [0.25, 0.3) is 0 Å². The van der Waals surface area contributed by atoms with E-state index in [1.54, 1.807) is 13.8 Å². The van der Waals surface area contributed by atoms with Crippen molar-refractivity contribution >= 4 is 51.2 Å². The summed E-state index contributed by atoms with van der Waals surface area (Å²) in [5, 5.41) is 0. The van der Waals surface area contributed by atoms with Crippen molar-refractivity contribution in [2.24, 2.45) is 0 Å². The minimum absolute atomic E-state index is 0.258. The summed E-state index contributed by atoms with van der Waals surface area (Å²) in [7, 11) is 0. The van der Waals surface area contributed by atoms with Crippen LogP contribution in [-0.2, 0) is 33.3 Å². The number of nitrogens with zero attached hydrogens (tertiary/aromatic N) is 1. The van der Waals surface area contributed by atoms with Gasteiger partial charge in [-0.2, -0.15) is 0 Å². The number of rotatable bonds is 20. The van der Waals surface area contributed by atoms with Crippen molar-refractivity contribution < 1.29 is 33.3 Å². The molecule has 0 saturated carbocycles. The van der Waals surface area contributed by atoms with Crippen LogP contribution >= 0.6 is 33.2 Å². The molecular formula is C18H34Cl3NO7Si. The van der Waals surface area contributed by atoms with Crippen LogP contribution in [0.4, 0.5) is 0 Å². The van der Waals surface area contributed by atoms with Crippen molar-refractivity contribution in [3.8, 4) is 0 Å². The number of halogens is 3. The van der Waals surface area contributed by atoms with E-state index in [1.165, 1.54) is 0 Å². The third-order valence-electron chi connectivity index (χ3n) is 3.70. The quantitative estimate of drug-likeness (QED) is 0.107. The fraction of sp³-hybridized carbons (Fsp3) is 0.889. The lowest BCUT2D eigenvalue weighted by atomic mass is 10.3. The van der Waals surface area contributed by atoms with Gasteiger partial charge in [0, 0.05) is 32.3 Å². The lowest BCUT2D eigenvalue weighted by Crippen LogP contribution is -2.33. The topological polar surface area (TPSA) is 83.5 Å².